The van der Waals surface area contributed by atoms with E-state index in [9.17, 15) is 13.2 Å². The Kier molecular flexibility index (Phi) is 7.23. The van der Waals surface area contributed by atoms with Crippen molar-refractivity contribution in [2.45, 2.75) is 21.7 Å². The van der Waals surface area contributed by atoms with Crippen molar-refractivity contribution in [1.82, 2.24) is 14.2 Å². The second-order valence-corrected chi connectivity index (χ2v) is 13.6. The first-order valence-corrected chi connectivity index (χ1v) is 14.5. The number of rotatable bonds is 4. The Morgan fingerprint density at radius 1 is 1.03 bits per heavy atom. The Bertz CT molecular complexity index is 1460. The van der Waals surface area contributed by atoms with Crippen LogP contribution in [0.5, 0.6) is 5.75 Å². The number of anilines is 1. The summed E-state index contributed by atoms with van der Waals surface area (Å²) < 4.78 is 32.4. The van der Waals surface area contributed by atoms with E-state index in [2.05, 4.69) is 4.98 Å². The number of fused-ring (bicyclic) bond motifs is 3. The van der Waals surface area contributed by atoms with Gasteiger partial charge in [-0.1, -0.05) is 46.4 Å². The molecule has 2 aliphatic rings. The van der Waals surface area contributed by atoms with E-state index in [0.29, 0.717) is 55.6 Å². The van der Waals surface area contributed by atoms with Crippen LogP contribution in [-0.4, -0.2) is 72.1 Å². The minimum Gasteiger partial charge on any atom is -0.495 e. The first-order chi connectivity index (χ1) is 17.5. The lowest BCUT2D eigenvalue weighted by Crippen LogP contribution is -2.51. The van der Waals surface area contributed by atoms with Crippen molar-refractivity contribution in [2.75, 3.05) is 44.7 Å². The molecule has 0 atom stereocenters. The summed E-state index contributed by atoms with van der Waals surface area (Å²) in [6.07, 6.45) is 0.580. The summed E-state index contributed by atoms with van der Waals surface area (Å²) in [5.41, 5.74) is 3.53. The molecule has 37 heavy (non-hydrogen) atoms. The number of piperazine rings is 1. The molecule has 3 heterocycles. The number of carbonyl (C=O) groups excluding carboxylic acids is 1. The molecule has 1 saturated heterocycles. The zero-order valence-electron chi connectivity index (χ0n) is 19.8. The van der Waals surface area contributed by atoms with Crippen LogP contribution in [0, 0.1) is 0 Å². The van der Waals surface area contributed by atoms with Crippen LogP contribution >= 0.6 is 46.4 Å². The normalized spacial score (nSPS) is 17.2. The number of ether oxygens (including phenoxy) is 1. The highest BCUT2D eigenvalue weighted by molar-refractivity contribution is 7.89. The molecular weight excluding hydrogens is 582 g/mol. The highest BCUT2D eigenvalue weighted by Gasteiger charge is 2.37. The van der Waals surface area contributed by atoms with E-state index >= 15 is 0 Å². The quantitative estimate of drug-likeness (QED) is 0.440. The second-order valence-electron chi connectivity index (χ2n) is 8.97. The minimum absolute atomic E-state index is 0.172. The Balaban J connectivity index is 1.38. The fraction of sp³-hybridized carbons (Fsp3) is 0.375. The van der Waals surface area contributed by atoms with Crippen molar-refractivity contribution in [3.63, 3.8) is 0 Å². The average Bonchev–Trinajstić information content (AvgIpc) is 3.24. The summed E-state index contributed by atoms with van der Waals surface area (Å²) in [6, 6.07) is 10.5. The first kappa shape index (κ1) is 26.7. The van der Waals surface area contributed by atoms with Crippen LogP contribution in [-0.2, 0) is 27.8 Å². The summed E-state index contributed by atoms with van der Waals surface area (Å²) >= 11 is 23.4. The summed E-state index contributed by atoms with van der Waals surface area (Å²) in [4.78, 5) is 19.3. The molecule has 1 N–H and O–H groups in total. The maximum Gasteiger partial charge on any atom is 0.274 e. The highest BCUT2D eigenvalue weighted by atomic mass is 35.6. The molecule has 0 unspecified atom stereocenters. The fourth-order valence-corrected chi connectivity index (χ4v) is 6.91. The van der Waals surface area contributed by atoms with E-state index in [1.807, 2.05) is 23.1 Å². The number of amides is 1. The maximum atomic E-state index is 13.7. The molecule has 1 aromatic heterocycles. The van der Waals surface area contributed by atoms with Gasteiger partial charge in [0.2, 0.25) is 10.0 Å². The van der Waals surface area contributed by atoms with Gasteiger partial charge in [-0.05, 0) is 48.4 Å². The van der Waals surface area contributed by atoms with Gasteiger partial charge in [-0.2, -0.15) is 4.31 Å². The number of hydrogen-bond donors (Lipinski definition) is 1. The largest absolute Gasteiger partial charge is 0.495 e. The van der Waals surface area contributed by atoms with Gasteiger partial charge in [-0.25, -0.2) is 8.42 Å². The maximum absolute atomic E-state index is 13.7. The van der Waals surface area contributed by atoms with Gasteiger partial charge in [0.15, 0.2) is 0 Å². The monoisotopic (exact) mass is 604 g/mol. The van der Waals surface area contributed by atoms with Gasteiger partial charge < -0.3 is 19.5 Å². The molecule has 0 saturated carbocycles. The number of sulfonamides is 1. The van der Waals surface area contributed by atoms with E-state index in [1.165, 1.54) is 16.3 Å². The van der Waals surface area contributed by atoms with Gasteiger partial charge in [0.25, 0.3) is 9.70 Å². The van der Waals surface area contributed by atoms with Crippen molar-refractivity contribution in [1.29, 1.82) is 0 Å². The zero-order chi connectivity index (χ0) is 26.5. The van der Waals surface area contributed by atoms with Crippen LogP contribution in [0.25, 0.3) is 10.9 Å². The van der Waals surface area contributed by atoms with Crippen LogP contribution in [0.1, 0.15) is 11.3 Å². The van der Waals surface area contributed by atoms with Gasteiger partial charge in [-0.3, -0.25) is 4.79 Å². The summed E-state index contributed by atoms with van der Waals surface area (Å²) in [7, 11) is -2.26. The molecule has 1 amide bonds. The molecule has 198 valence electrons. The minimum atomic E-state index is -3.79. The third kappa shape index (κ3) is 5.10. The van der Waals surface area contributed by atoms with Crippen LogP contribution in [0.2, 0.25) is 5.02 Å². The third-order valence-corrected chi connectivity index (χ3v) is 9.40. The number of halogens is 4. The van der Waals surface area contributed by atoms with Gasteiger partial charge in [-0.15, -0.1) is 0 Å². The predicted octanol–water partition coefficient (Wildman–Crippen LogP) is 4.60. The SMILES string of the molecule is COc1ccc(S(=O)(=O)N2CCc3c([nH]c4ccc(Cl)cc34)C2)cc1N1CCN(C(=O)C(Cl)(Cl)Cl)CC1. The molecule has 0 radical (unpaired) electrons. The van der Waals surface area contributed by atoms with Gasteiger partial charge in [0, 0.05) is 54.3 Å². The van der Waals surface area contributed by atoms with E-state index < -0.39 is 19.7 Å². The number of H-pyrrole nitrogens is 1. The van der Waals surface area contributed by atoms with E-state index in [0.717, 1.165) is 22.2 Å². The van der Waals surface area contributed by atoms with Gasteiger partial charge in [0.05, 0.1) is 24.2 Å². The number of carbonyl (C=O) groups is 1. The summed E-state index contributed by atoms with van der Waals surface area (Å²) in [6.45, 7) is 2.10. The van der Waals surface area contributed by atoms with E-state index in [1.54, 1.807) is 18.2 Å². The molecular formula is C24H24Cl4N4O4S. The number of methoxy groups -OCH3 is 1. The third-order valence-electron chi connectivity index (χ3n) is 6.84. The number of aromatic nitrogens is 1. The van der Waals surface area contributed by atoms with Crippen LogP contribution in [0.15, 0.2) is 41.3 Å². The lowest BCUT2D eigenvalue weighted by molar-refractivity contribution is -0.130. The number of nitrogens with one attached hydrogen (secondary N) is 1. The van der Waals surface area contributed by atoms with Gasteiger partial charge >= 0.3 is 0 Å². The molecule has 2 aromatic carbocycles. The smallest absolute Gasteiger partial charge is 0.274 e. The molecule has 13 heteroatoms. The molecule has 0 spiro atoms. The molecule has 1 fully saturated rings. The number of benzene rings is 2. The number of hydrogen-bond acceptors (Lipinski definition) is 5. The molecule has 0 bridgehead atoms. The van der Waals surface area contributed by atoms with Crippen molar-refractivity contribution < 1.29 is 17.9 Å². The van der Waals surface area contributed by atoms with E-state index in [-0.39, 0.29) is 11.4 Å². The summed E-state index contributed by atoms with van der Waals surface area (Å²) in [5.74, 6) is -0.0438. The van der Waals surface area contributed by atoms with Crippen molar-refractivity contribution in [3.05, 3.63) is 52.7 Å². The lowest BCUT2D eigenvalue weighted by atomic mass is 10.0. The van der Waals surface area contributed by atoms with Crippen LogP contribution in [0.3, 0.4) is 0 Å². The Morgan fingerprint density at radius 3 is 2.43 bits per heavy atom. The second kappa shape index (κ2) is 10.0. The predicted molar refractivity (Wildman–Crippen MR) is 147 cm³/mol. The zero-order valence-corrected chi connectivity index (χ0v) is 23.6. The van der Waals surface area contributed by atoms with Crippen molar-refractivity contribution >= 4 is 78.9 Å². The van der Waals surface area contributed by atoms with Crippen molar-refractivity contribution in [2.24, 2.45) is 0 Å². The molecule has 0 aliphatic carbocycles. The average molecular weight is 606 g/mol. The molecule has 8 nitrogen and oxygen atoms in total. The van der Waals surface area contributed by atoms with Crippen LogP contribution in [0.4, 0.5) is 5.69 Å². The molecule has 2 aliphatic heterocycles. The van der Waals surface area contributed by atoms with Crippen molar-refractivity contribution in [3.8, 4) is 5.75 Å². The van der Waals surface area contributed by atoms with Crippen LogP contribution < -0.4 is 9.64 Å². The highest BCUT2D eigenvalue weighted by Crippen LogP contribution is 2.36. The number of nitrogens with zero attached hydrogens (tertiary/aromatic N) is 3. The number of alkyl halides is 3. The number of aromatic amines is 1. The van der Waals surface area contributed by atoms with Gasteiger partial charge in [0.1, 0.15) is 5.75 Å². The molecule has 3 aromatic rings. The standard InChI is InChI=1S/C24H24Cl4N4O4S/c1-36-22-5-3-16(13-21(22)30-8-10-31(11-9-30)23(33)24(26,27)28)37(34,35)32-7-6-17-18-12-15(25)2-4-19(18)29-20(17)14-32/h2-5,12-13,29H,6-11,14H2,1H3. The Morgan fingerprint density at radius 2 is 1.76 bits per heavy atom. The Hall–Kier alpha value is -1.88. The Labute approximate surface area is 235 Å². The first-order valence-electron chi connectivity index (χ1n) is 11.6. The van der Waals surface area contributed by atoms with E-state index in [4.69, 9.17) is 51.1 Å². The molecule has 5 rings (SSSR count). The lowest BCUT2D eigenvalue weighted by Gasteiger charge is -2.37. The topological polar surface area (TPSA) is 85.9 Å². The fourth-order valence-electron chi connectivity index (χ4n) is 4.95. The summed E-state index contributed by atoms with van der Waals surface area (Å²) in [5, 5.41) is 1.67.